The third kappa shape index (κ3) is 5.75. The van der Waals surface area contributed by atoms with E-state index in [9.17, 15) is 4.79 Å². The number of unbranched alkanes of at least 4 members (excludes halogenated alkanes) is 1. The van der Waals surface area contributed by atoms with Gasteiger partial charge >= 0.3 is 5.97 Å². The molecular formula is C11H21NO2. The molecule has 82 valence electrons. The summed E-state index contributed by atoms with van der Waals surface area (Å²) in [6, 6.07) is 0. The molecule has 0 saturated carbocycles. The van der Waals surface area contributed by atoms with Crippen molar-refractivity contribution in [2.24, 2.45) is 0 Å². The lowest BCUT2D eigenvalue weighted by Crippen LogP contribution is -2.19. The minimum absolute atomic E-state index is 0.536. The van der Waals surface area contributed by atoms with E-state index in [1.165, 1.54) is 6.42 Å². The molecule has 0 aliphatic heterocycles. The van der Waals surface area contributed by atoms with Crippen molar-refractivity contribution in [3.8, 4) is 0 Å². The molecule has 0 atom stereocenters. The van der Waals surface area contributed by atoms with Crippen LogP contribution in [0, 0.1) is 0 Å². The van der Waals surface area contributed by atoms with E-state index in [0.717, 1.165) is 25.1 Å². The average molecular weight is 199 g/mol. The van der Waals surface area contributed by atoms with Crippen molar-refractivity contribution in [3.63, 3.8) is 0 Å². The molecular weight excluding hydrogens is 178 g/mol. The Balaban J connectivity index is 3.75. The number of carboxylic acids is 1. The number of carbonyl (C=O) groups is 1. The van der Waals surface area contributed by atoms with Crippen molar-refractivity contribution in [2.45, 2.75) is 40.0 Å². The number of hydrogen-bond donors (Lipinski definition) is 2. The van der Waals surface area contributed by atoms with E-state index in [0.29, 0.717) is 12.0 Å². The van der Waals surface area contributed by atoms with Crippen LogP contribution in [0.5, 0.6) is 0 Å². The summed E-state index contributed by atoms with van der Waals surface area (Å²) < 4.78 is 0. The summed E-state index contributed by atoms with van der Waals surface area (Å²) in [5.74, 6) is -0.790. The molecule has 0 saturated heterocycles. The van der Waals surface area contributed by atoms with Crippen LogP contribution >= 0.6 is 0 Å². The van der Waals surface area contributed by atoms with Gasteiger partial charge in [-0.25, -0.2) is 4.79 Å². The van der Waals surface area contributed by atoms with Gasteiger partial charge in [0.05, 0.1) is 0 Å². The summed E-state index contributed by atoms with van der Waals surface area (Å²) >= 11 is 0. The summed E-state index contributed by atoms with van der Waals surface area (Å²) in [7, 11) is 0. The Morgan fingerprint density at radius 1 is 1.29 bits per heavy atom. The highest BCUT2D eigenvalue weighted by atomic mass is 16.4. The highest BCUT2D eigenvalue weighted by Gasteiger charge is 2.07. The van der Waals surface area contributed by atoms with Gasteiger partial charge in [0.1, 0.15) is 0 Å². The number of carboxylic acid groups (broad SMARTS) is 1. The first-order valence-electron chi connectivity index (χ1n) is 5.20. The zero-order valence-corrected chi connectivity index (χ0v) is 9.39. The van der Waals surface area contributed by atoms with E-state index >= 15 is 0 Å². The molecule has 3 nitrogen and oxygen atoms in total. The predicted octanol–water partition coefficient (Wildman–Crippen LogP) is 2.19. The SMILES string of the molecule is CCCCNCCC(C(=O)O)=C(C)C. The van der Waals surface area contributed by atoms with Gasteiger partial charge in [-0.2, -0.15) is 0 Å². The highest BCUT2D eigenvalue weighted by molar-refractivity contribution is 5.87. The lowest BCUT2D eigenvalue weighted by atomic mass is 10.1. The summed E-state index contributed by atoms with van der Waals surface area (Å²) in [5, 5.41) is 12.1. The molecule has 0 rings (SSSR count). The van der Waals surface area contributed by atoms with Crippen LogP contribution in [0.1, 0.15) is 40.0 Å². The largest absolute Gasteiger partial charge is 0.478 e. The normalized spacial score (nSPS) is 9.93. The summed E-state index contributed by atoms with van der Waals surface area (Å²) in [6.07, 6.45) is 2.93. The Labute approximate surface area is 86.2 Å². The Bertz CT molecular complexity index is 205. The molecule has 0 spiro atoms. The zero-order chi connectivity index (χ0) is 11.0. The van der Waals surface area contributed by atoms with Crippen molar-refractivity contribution in [3.05, 3.63) is 11.1 Å². The van der Waals surface area contributed by atoms with Crippen molar-refractivity contribution in [1.29, 1.82) is 0 Å². The van der Waals surface area contributed by atoms with Crippen LogP contribution in [0.4, 0.5) is 0 Å². The topological polar surface area (TPSA) is 49.3 Å². The second-order valence-corrected chi connectivity index (χ2v) is 3.64. The van der Waals surface area contributed by atoms with E-state index in [4.69, 9.17) is 5.11 Å². The molecule has 0 aromatic heterocycles. The molecule has 0 aromatic carbocycles. The second kappa shape index (κ2) is 7.56. The molecule has 0 unspecified atom stereocenters. The van der Waals surface area contributed by atoms with E-state index < -0.39 is 5.97 Å². The Hall–Kier alpha value is -0.830. The molecule has 0 aromatic rings. The van der Waals surface area contributed by atoms with E-state index in [2.05, 4.69) is 12.2 Å². The fourth-order valence-electron chi connectivity index (χ4n) is 1.21. The maximum Gasteiger partial charge on any atom is 0.331 e. The smallest absolute Gasteiger partial charge is 0.331 e. The van der Waals surface area contributed by atoms with Crippen molar-refractivity contribution in [2.75, 3.05) is 13.1 Å². The molecule has 0 heterocycles. The Kier molecular flexibility index (Phi) is 7.11. The second-order valence-electron chi connectivity index (χ2n) is 3.64. The predicted molar refractivity (Wildman–Crippen MR) is 58.4 cm³/mol. The maximum atomic E-state index is 10.8. The third-order valence-electron chi connectivity index (χ3n) is 2.12. The highest BCUT2D eigenvalue weighted by Crippen LogP contribution is 2.07. The Morgan fingerprint density at radius 2 is 1.93 bits per heavy atom. The number of allylic oxidation sites excluding steroid dienone is 1. The van der Waals surface area contributed by atoms with Gasteiger partial charge in [-0.15, -0.1) is 0 Å². The standard InChI is InChI=1S/C11H21NO2/c1-4-5-7-12-8-6-10(9(2)3)11(13)14/h12H,4-8H2,1-3H3,(H,13,14). The number of nitrogens with one attached hydrogen (secondary N) is 1. The average Bonchev–Trinajstić information content (AvgIpc) is 2.09. The summed E-state index contributed by atoms with van der Waals surface area (Å²) in [4.78, 5) is 10.8. The van der Waals surface area contributed by atoms with Crippen molar-refractivity contribution >= 4 is 5.97 Å². The summed E-state index contributed by atoms with van der Waals surface area (Å²) in [6.45, 7) is 7.56. The molecule has 3 heteroatoms. The van der Waals surface area contributed by atoms with Gasteiger partial charge in [-0.1, -0.05) is 18.9 Å². The number of hydrogen-bond acceptors (Lipinski definition) is 2. The van der Waals surface area contributed by atoms with Crippen LogP contribution in [-0.4, -0.2) is 24.2 Å². The number of aliphatic carboxylic acids is 1. The number of rotatable bonds is 7. The quantitative estimate of drug-likeness (QED) is 0.488. The molecule has 0 aliphatic rings. The molecule has 0 bridgehead atoms. The molecule has 0 radical (unpaired) electrons. The van der Waals surface area contributed by atoms with Crippen molar-refractivity contribution < 1.29 is 9.90 Å². The zero-order valence-electron chi connectivity index (χ0n) is 9.39. The van der Waals surface area contributed by atoms with Gasteiger partial charge in [0, 0.05) is 5.57 Å². The third-order valence-corrected chi connectivity index (χ3v) is 2.12. The fourth-order valence-corrected chi connectivity index (χ4v) is 1.21. The lowest BCUT2D eigenvalue weighted by molar-refractivity contribution is -0.132. The van der Waals surface area contributed by atoms with Crippen LogP contribution in [0.15, 0.2) is 11.1 Å². The van der Waals surface area contributed by atoms with Crippen LogP contribution < -0.4 is 5.32 Å². The first-order valence-corrected chi connectivity index (χ1v) is 5.20. The van der Waals surface area contributed by atoms with Gasteiger partial charge < -0.3 is 10.4 Å². The van der Waals surface area contributed by atoms with E-state index in [-0.39, 0.29) is 0 Å². The first kappa shape index (κ1) is 13.2. The fraction of sp³-hybridized carbons (Fsp3) is 0.727. The minimum atomic E-state index is -0.790. The molecule has 0 fully saturated rings. The van der Waals surface area contributed by atoms with E-state index in [1.54, 1.807) is 0 Å². The monoisotopic (exact) mass is 199 g/mol. The van der Waals surface area contributed by atoms with Gasteiger partial charge in [-0.05, 0) is 39.8 Å². The molecule has 2 N–H and O–H groups in total. The van der Waals surface area contributed by atoms with Gasteiger partial charge in [0.25, 0.3) is 0 Å². The molecule has 14 heavy (non-hydrogen) atoms. The first-order chi connectivity index (χ1) is 6.59. The van der Waals surface area contributed by atoms with Crippen LogP contribution in [0.2, 0.25) is 0 Å². The molecule has 0 amide bonds. The van der Waals surface area contributed by atoms with Crippen LogP contribution in [0.3, 0.4) is 0 Å². The minimum Gasteiger partial charge on any atom is -0.478 e. The lowest BCUT2D eigenvalue weighted by Gasteiger charge is -2.06. The Morgan fingerprint density at radius 3 is 2.36 bits per heavy atom. The molecule has 0 aliphatic carbocycles. The van der Waals surface area contributed by atoms with Gasteiger partial charge in [0.15, 0.2) is 0 Å². The maximum absolute atomic E-state index is 10.8. The van der Waals surface area contributed by atoms with Gasteiger partial charge in [-0.3, -0.25) is 0 Å². The van der Waals surface area contributed by atoms with Gasteiger partial charge in [0.2, 0.25) is 0 Å². The van der Waals surface area contributed by atoms with Crippen molar-refractivity contribution in [1.82, 2.24) is 5.32 Å². The van der Waals surface area contributed by atoms with Crippen LogP contribution in [-0.2, 0) is 4.79 Å². The summed E-state index contributed by atoms with van der Waals surface area (Å²) in [5.41, 5.74) is 1.43. The van der Waals surface area contributed by atoms with E-state index in [1.807, 2.05) is 13.8 Å². The van der Waals surface area contributed by atoms with Crippen LogP contribution in [0.25, 0.3) is 0 Å².